The van der Waals surface area contributed by atoms with E-state index < -0.39 is 11.6 Å². The van der Waals surface area contributed by atoms with E-state index in [1.165, 1.54) is 0 Å². The van der Waals surface area contributed by atoms with E-state index >= 15 is 0 Å². The van der Waals surface area contributed by atoms with Crippen molar-refractivity contribution in [2.75, 3.05) is 6.54 Å². The van der Waals surface area contributed by atoms with Gasteiger partial charge in [-0.05, 0) is 29.5 Å². The third kappa shape index (κ3) is 2.84. The number of carbonyl (C=O) groups is 1. The van der Waals surface area contributed by atoms with Crippen molar-refractivity contribution in [3.63, 3.8) is 0 Å². The van der Waals surface area contributed by atoms with Crippen LogP contribution in [0.25, 0.3) is 10.4 Å². The Morgan fingerprint density at radius 2 is 2.42 bits per heavy atom. The third-order valence-electron chi connectivity index (χ3n) is 4.74. The molecule has 2 heterocycles. The van der Waals surface area contributed by atoms with Crippen LogP contribution in [0.1, 0.15) is 24.4 Å². The van der Waals surface area contributed by atoms with Gasteiger partial charge in [-0.25, -0.2) is 0 Å². The molecule has 122 valence electrons. The Morgan fingerprint density at radius 1 is 1.54 bits per heavy atom. The van der Waals surface area contributed by atoms with Crippen molar-refractivity contribution in [1.82, 2.24) is 9.88 Å². The fourth-order valence-electron chi connectivity index (χ4n) is 3.48. The molecule has 1 fully saturated rings. The molecule has 1 aliphatic heterocycles. The highest BCUT2D eigenvalue weighted by Crippen LogP contribution is 2.39. The molecule has 1 saturated heterocycles. The molecule has 0 spiro atoms. The second kappa shape index (κ2) is 6.72. The lowest BCUT2D eigenvalue weighted by atomic mass is 9.89. The second-order valence-electron chi connectivity index (χ2n) is 6.09. The number of pyridine rings is 1. The summed E-state index contributed by atoms with van der Waals surface area (Å²) < 4.78 is 0. The van der Waals surface area contributed by atoms with Gasteiger partial charge in [0.15, 0.2) is 0 Å². The molecule has 2 aliphatic rings. The lowest BCUT2D eigenvalue weighted by Gasteiger charge is -2.38. The third-order valence-corrected chi connectivity index (χ3v) is 4.74. The topological polar surface area (TPSA) is 82.0 Å². The van der Waals surface area contributed by atoms with Crippen molar-refractivity contribution in [1.29, 1.82) is 0 Å². The lowest BCUT2D eigenvalue weighted by molar-refractivity contribution is -0.130. The number of carbonyl (C=O) groups excluding carboxylic acids is 1. The van der Waals surface area contributed by atoms with E-state index in [1.54, 1.807) is 12.4 Å². The number of aromatic nitrogens is 1. The van der Waals surface area contributed by atoms with E-state index in [4.69, 9.17) is 5.53 Å². The van der Waals surface area contributed by atoms with E-state index in [9.17, 15) is 4.79 Å². The summed E-state index contributed by atoms with van der Waals surface area (Å²) in [5, 5.41) is 3.94. The van der Waals surface area contributed by atoms with Gasteiger partial charge in [0.05, 0.1) is 11.6 Å². The average Bonchev–Trinajstić information content (AvgIpc) is 3.03. The van der Waals surface area contributed by atoms with E-state index in [0.717, 1.165) is 5.56 Å². The number of azide groups is 1. The highest BCUT2D eigenvalue weighted by molar-refractivity contribution is 5.80. The summed E-state index contributed by atoms with van der Waals surface area (Å²) in [5.41, 5.74) is 9.28. The van der Waals surface area contributed by atoms with E-state index in [1.807, 2.05) is 47.4 Å². The van der Waals surface area contributed by atoms with Crippen molar-refractivity contribution in [2.45, 2.75) is 24.4 Å². The van der Waals surface area contributed by atoms with E-state index in [2.05, 4.69) is 21.6 Å². The Kier molecular flexibility index (Phi) is 4.49. The Labute approximate surface area is 140 Å². The zero-order valence-corrected chi connectivity index (χ0v) is 13.3. The van der Waals surface area contributed by atoms with Gasteiger partial charge in [0.1, 0.15) is 0 Å². The maximum atomic E-state index is 12.7. The van der Waals surface area contributed by atoms with Crippen LogP contribution >= 0.6 is 0 Å². The van der Waals surface area contributed by atoms with Crippen molar-refractivity contribution in [3.8, 4) is 0 Å². The number of hydrogen-bond acceptors (Lipinski definition) is 3. The number of nitrogens with zero attached hydrogens (tertiary/aromatic N) is 5. The van der Waals surface area contributed by atoms with Crippen molar-refractivity contribution < 1.29 is 4.79 Å². The van der Waals surface area contributed by atoms with Gasteiger partial charge in [-0.1, -0.05) is 41.6 Å². The van der Waals surface area contributed by atoms with Crippen LogP contribution in [0.15, 0.2) is 66.6 Å². The molecule has 6 nitrogen and oxygen atoms in total. The minimum absolute atomic E-state index is 0.0573. The first-order valence-electron chi connectivity index (χ1n) is 7.93. The molecule has 3 rings (SSSR count). The van der Waals surface area contributed by atoms with Gasteiger partial charge in [-0.15, -0.1) is 6.58 Å². The summed E-state index contributed by atoms with van der Waals surface area (Å²) in [4.78, 5) is 21.6. The first kappa shape index (κ1) is 16.0. The number of likely N-dealkylation sites (tertiary alicyclic amines) is 1. The van der Waals surface area contributed by atoms with Crippen LogP contribution in [0.3, 0.4) is 0 Å². The smallest absolute Gasteiger partial charge is 0.223 e. The number of allylic oxidation sites excluding steroid dienone is 2. The van der Waals surface area contributed by atoms with Crippen molar-refractivity contribution in [3.05, 3.63) is 77.5 Å². The van der Waals surface area contributed by atoms with Gasteiger partial charge in [0.2, 0.25) is 5.91 Å². The molecule has 0 saturated carbocycles. The Hall–Kier alpha value is -2.85. The zero-order chi connectivity index (χ0) is 17.0. The highest BCUT2D eigenvalue weighted by Gasteiger charge is 2.43. The van der Waals surface area contributed by atoms with Crippen LogP contribution < -0.4 is 0 Å². The molecular weight excluding hydrogens is 302 g/mol. The quantitative estimate of drug-likeness (QED) is 0.358. The Balaban J connectivity index is 1.88. The lowest BCUT2D eigenvalue weighted by Crippen LogP contribution is -2.47. The molecule has 0 radical (unpaired) electrons. The monoisotopic (exact) mass is 321 g/mol. The van der Waals surface area contributed by atoms with Crippen LogP contribution in [0.5, 0.6) is 0 Å². The standard InChI is InChI=1S/C18H19N5O/c1-2-18(8-4-3-5-9-18)23-13-15(11-16(23)24)17(21-22-19)14-7-6-10-20-12-14/h2-8,10,12,15,17H,1,9,11,13H2/t15-,17?,18-/m1/s1. The summed E-state index contributed by atoms with van der Waals surface area (Å²) in [7, 11) is 0. The van der Waals surface area contributed by atoms with Gasteiger partial charge >= 0.3 is 0 Å². The zero-order valence-electron chi connectivity index (χ0n) is 13.3. The van der Waals surface area contributed by atoms with Crippen LogP contribution in [0.2, 0.25) is 0 Å². The second-order valence-corrected chi connectivity index (χ2v) is 6.09. The van der Waals surface area contributed by atoms with Crippen molar-refractivity contribution >= 4 is 5.91 Å². The molecule has 1 amide bonds. The summed E-state index contributed by atoms with van der Waals surface area (Å²) in [6.45, 7) is 4.46. The average molecular weight is 321 g/mol. The molecule has 1 unspecified atom stereocenters. The summed E-state index contributed by atoms with van der Waals surface area (Å²) in [5.74, 6) is -0.0180. The van der Waals surface area contributed by atoms with Gasteiger partial charge in [0, 0.05) is 30.3 Å². The predicted molar refractivity (Wildman–Crippen MR) is 91.8 cm³/mol. The molecule has 24 heavy (non-hydrogen) atoms. The largest absolute Gasteiger partial charge is 0.329 e. The molecule has 1 aromatic heterocycles. The Morgan fingerprint density at radius 3 is 3.04 bits per heavy atom. The van der Waals surface area contributed by atoms with Gasteiger partial charge < -0.3 is 4.90 Å². The summed E-state index contributed by atoms with van der Waals surface area (Å²) in [6.07, 6.45) is 14.2. The molecule has 1 aromatic rings. The number of rotatable bonds is 5. The van der Waals surface area contributed by atoms with Crippen LogP contribution in [0.4, 0.5) is 0 Å². The first-order valence-corrected chi connectivity index (χ1v) is 7.93. The van der Waals surface area contributed by atoms with Crippen LogP contribution in [-0.4, -0.2) is 27.9 Å². The predicted octanol–water partition coefficient (Wildman–Crippen LogP) is 3.72. The summed E-state index contributed by atoms with van der Waals surface area (Å²) >= 11 is 0. The van der Waals surface area contributed by atoms with Gasteiger partial charge in [-0.2, -0.15) is 0 Å². The molecule has 0 N–H and O–H groups in total. The number of hydrogen-bond donors (Lipinski definition) is 0. The minimum atomic E-state index is -0.490. The Bertz CT molecular complexity index is 735. The molecule has 0 aromatic carbocycles. The normalized spacial score (nSPS) is 26.9. The van der Waals surface area contributed by atoms with E-state index in [0.29, 0.717) is 19.4 Å². The maximum absolute atomic E-state index is 12.7. The molecule has 6 heteroatoms. The van der Waals surface area contributed by atoms with Gasteiger partial charge in [-0.3, -0.25) is 9.78 Å². The van der Waals surface area contributed by atoms with Gasteiger partial charge in [0.25, 0.3) is 0 Å². The van der Waals surface area contributed by atoms with Crippen molar-refractivity contribution in [2.24, 2.45) is 11.0 Å². The van der Waals surface area contributed by atoms with E-state index in [-0.39, 0.29) is 11.8 Å². The molecule has 1 aliphatic carbocycles. The fourth-order valence-corrected chi connectivity index (χ4v) is 3.48. The highest BCUT2D eigenvalue weighted by atomic mass is 16.2. The maximum Gasteiger partial charge on any atom is 0.223 e. The first-order chi connectivity index (χ1) is 11.7. The number of amides is 1. The minimum Gasteiger partial charge on any atom is -0.329 e. The fraction of sp³-hybridized carbons (Fsp3) is 0.333. The SMILES string of the molecule is C=C[C@@]1(N2C[C@H](C(N=[N+]=[N-])c3cccnc3)CC2=O)C=CC=CC1. The molecule has 0 bridgehead atoms. The molecular formula is C18H19N5O. The summed E-state index contributed by atoms with van der Waals surface area (Å²) in [6, 6.07) is 3.29. The van der Waals surface area contributed by atoms with Crippen LogP contribution in [-0.2, 0) is 4.79 Å². The van der Waals surface area contributed by atoms with Crippen LogP contribution in [0, 0.1) is 5.92 Å². The molecule has 3 atom stereocenters.